The molecule has 10 heteroatoms. The first-order valence-electron chi connectivity index (χ1n) is 5.00. The summed E-state index contributed by atoms with van der Waals surface area (Å²) in [5, 5.41) is 20.0. The summed E-state index contributed by atoms with van der Waals surface area (Å²) in [4.78, 5) is 21.2. The molecule has 0 aliphatic carbocycles. The minimum absolute atomic E-state index is 0.128. The highest BCUT2D eigenvalue weighted by atomic mass is 32.2. The Morgan fingerprint density at radius 1 is 1.11 bits per heavy atom. The van der Waals surface area contributed by atoms with Crippen LogP contribution in [-0.2, 0) is 10.0 Å². The normalized spacial score (nSPS) is 11.1. The molecular formula is C9H11N3O6S. The van der Waals surface area contributed by atoms with Gasteiger partial charge in [-0.15, -0.1) is 0 Å². The molecule has 1 N–H and O–H groups in total. The fourth-order valence-electron chi connectivity index (χ4n) is 2.00. The topological polar surface area (TPSA) is 132 Å². The Morgan fingerprint density at radius 2 is 1.63 bits per heavy atom. The van der Waals surface area contributed by atoms with E-state index in [2.05, 4.69) is 0 Å². The summed E-state index contributed by atoms with van der Waals surface area (Å²) in [6, 6.07) is 1.31. The molecule has 0 aliphatic rings. The molecule has 0 amide bonds. The smallest absolute Gasteiger partial charge is 0.258 e. The zero-order valence-corrected chi connectivity index (χ0v) is 11.1. The lowest BCUT2D eigenvalue weighted by Crippen LogP contribution is -2.30. The van der Waals surface area contributed by atoms with E-state index in [1.54, 1.807) is 0 Å². The van der Waals surface area contributed by atoms with Crippen LogP contribution in [0.2, 0.25) is 0 Å². The van der Waals surface area contributed by atoms with Gasteiger partial charge < -0.3 is 0 Å². The number of aryl methyl sites for hydroxylation is 2. The first kappa shape index (κ1) is 14.8. The molecule has 0 bridgehead atoms. The predicted octanol–water partition coefficient (Wildman–Crippen LogP) is 0.990. The van der Waals surface area contributed by atoms with Crippen LogP contribution in [0.15, 0.2) is 11.0 Å². The molecule has 1 rings (SSSR count). The van der Waals surface area contributed by atoms with Gasteiger partial charge in [0.05, 0.1) is 4.92 Å². The highest BCUT2D eigenvalue weighted by Crippen LogP contribution is 2.31. The summed E-state index contributed by atoms with van der Waals surface area (Å²) in [6.07, 6.45) is 0. The standard InChI is InChI=1S/C9H11N3O6S/c1-5-4-6(2)9(7(3)8(5)11(13)14)19(17,18)10-12(15)16/h4,10H,1-3H3. The van der Waals surface area contributed by atoms with Crippen LogP contribution in [0.4, 0.5) is 5.69 Å². The third-order valence-electron chi connectivity index (χ3n) is 2.51. The third kappa shape index (κ3) is 2.78. The fourth-order valence-corrected chi connectivity index (χ4v) is 3.27. The van der Waals surface area contributed by atoms with E-state index in [9.17, 15) is 28.6 Å². The number of rotatable bonds is 4. The Bertz CT molecular complexity index is 667. The van der Waals surface area contributed by atoms with Gasteiger partial charge in [0.2, 0.25) is 0 Å². The number of benzene rings is 1. The first-order chi connectivity index (χ1) is 8.58. The molecule has 0 unspecified atom stereocenters. The summed E-state index contributed by atoms with van der Waals surface area (Å²) in [5.74, 6) is 0. The van der Waals surface area contributed by atoms with Crippen LogP contribution in [0.5, 0.6) is 0 Å². The molecule has 1 aromatic rings. The van der Waals surface area contributed by atoms with Gasteiger partial charge in [-0.2, -0.15) is 8.42 Å². The summed E-state index contributed by atoms with van der Waals surface area (Å²) in [6.45, 7) is 4.13. The second kappa shape index (κ2) is 4.80. The second-order valence-corrected chi connectivity index (χ2v) is 5.52. The highest BCUT2D eigenvalue weighted by molar-refractivity contribution is 7.89. The molecule has 0 spiro atoms. The van der Waals surface area contributed by atoms with Gasteiger partial charge in [0.25, 0.3) is 5.69 Å². The van der Waals surface area contributed by atoms with Crippen LogP contribution < -0.4 is 4.83 Å². The molecule has 0 atom stereocenters. The van der Waals surface area contributed by atoms with Crippen molar-refractivity contribution in [1.82, 2.24) is 4.83 Å². The maximum Gasteiger partial charge on any atom is 0.311 e. The van der Waals surface area contributed by atoms with Gasteiger partial charge in [-0.1, -0.05) is 0 Å². The molecule has 104 valence electrons. The first-order valence-corrected chi connectivity index (χ1v) is 6.48. The van der Waals surface area contributed by atoms with Gasteiger partial charge in [-0.3, -0.25) is 10.1 Å². The molecule has 0 saturated carbocycles. The van der Waals surface area contributed by atoms with E-state index in [4.69, 9.17) is 0 Å². The maximum absolute atomic E-state index is 11.8. The molecule has 0 aromatic heterocycles. The molecular weight excluding hydrogens is 278 g/mol. The molecule has 0 radical (unpaired) electrons. The monoisotopic (exact) mass is 289 g/mol. The van der Waals surface area contributed by atoms with Crippen molar-refractivity contribution >= 4 is 15.7 Å². The Hall–Kier alpha value is -2.23. The number of nitrogens with zero attached hydrogens (tertiary/aromatic N) is 2. The largest absolute Gasteiger partial charge is 0.311 e. The van der Waals surface area contributed by atoms with Gasteiger partial charge in [0.1, 0.15) is 4.90 Å². The van der Waals surface area contributed by atoms with Crippen LogP contribution >= 0.6 is 0 Å². The highest BCUT2D eigenvalue weighted by Gasteiger charge is 2.30. The lowest BCUT2D eigenvalue weighted by atomic mass is 10.1. The molecule has 0 saturated heterocycles. The van der Waals surface area contributed by atoms with Gasteiger partial charge in [0.15, 0.2) is 5.03 Å². The minimum atomic E-state index is -4.45. The van der Waals surface area contributed by atoms with Crippen molar-refractivity contribution in [1.29, 1.82) is 0 Å². The number of sulfonamides is 1. The third-order valence-corrected chi connectivity index (χ3v) is 4.06. The quantitative estimate of drug-likeness (QED) is 0.649. The van der Waals surface area contributed by atoms with Crippen LogP contribution in [0.3, 0.4) is 0 Å². The van der Waals surface area contributed by atoms with E-state index >= 15 is 0 Å². The molecule has 0 heterocycles. The number of hydrazine groups is 1. The summed E-state index contributed by atoms with van der Waals surface area (Å²) >= 11 is 0. The Kier molecular flexibility index (Phi) is 3.75. The number of hydrogen-bond donors (Lipinski definition) is 1. The summed E-state index contributed by atoms with van der Waals surface area (Å²) in [5.41, 5.74) is 0.00109. The van der Waals surface area contributed by atoms with Gasteiger partial charge in [-0.25, -0.2) is 10.1 Å². The zero-order valence-electron chi connectivity index (χ0n) is 10.3. The van der Waals surface area contributed by atoms with Crippen LogP contribution in [0, 0.1) is 41.0 Å². The van der Waals surface area contributed by atoms with E-state index in [-0.39, 0.29) is 16.8 Å². The lowest BCUT2D eigenvalue weighted by Gasteiger charge is -2.10. The van der Waals surface area contributed by atoms with Crippen LogP contribution in [-0.4, -0.2) is 18.4 Å². The van der Waals surface area contributed by atoms with Crippen molar-refractivity contribution in [3.8, 4) is 0 Å². The summed E-state index contributed by atoms with van der Waals surface area (Å²) in [7, 11) is -4.45. The Labute approximate surface area is 108 Å². The van der Waals surface area contributed by atoms with Crippen LogP contribution in [0.25, 0.3) is 0 Å². The molecule has 0 aliphatic heterocycles. The van der Waals surface area contributed by atoms with Crippen LogP contribution in [0.1, 0.15) is 16.7 Å². The van der Waals surface area contributed by atoms with Crippen molar-refractivity contribution in [2.45, 2.75) is 25.7 Å². The molecule has 19 heavy (non-hydrogen) atoms. The number of nitro benzene ring substituents is 1. The SMILES string of the molecule is Cc1cc(C)c(S(=O)(=O)N[N+](=O)[O-])c(C)c1[N+](=O)[O-]. The lowest BCUT2D eigenvalue weighted by molar-refractivity contribution is -0.518. The minimum Gasteiger partial charge on any atom is -0.258 e. The predicted molar refractivity (Wildman–Crippen MR) is 64.6 cm³/mol. The van der Waals surface area contributed by atoms with Crippen molar-refractivity contribution in [2.75, 3.05) is 0 Å². The van der Waals surface area contributed by atoms with E-state index in [1.165, 1.54) is 31.7 Å². The number of nitro groups is 2. The Morgan fingerprint density at radius 3 is 2.05 bits per heavy atom. The number of hydrogen-bond acceptors (Lipinski definition) is 6. The maximum atomic E-state index is 11.8. The van der Waals surface area contributed by atoms with Gasteiger partial charge in [0, 0.05) is 11.1 Å². The van der Waals surface area contributed by atoms with E-state index < -0.39 is 24.9 Å². The van der Waals surface area contributed by atoms with Gasteiger partial charge >= 0.3 is 10.0 Å². The van der Waals surface area contributed by atoms with E-state index in [1.807, 2.05) is 0 Å². The fraction of sp³-hybridized carbons (Fsp3) is 0.333. The van der Waals surface area contributed by atoms with Crippen molar-refractivity contribution in [3.63, 3.8) is 0 Å². The average Bonchev–Trinajstić information content (AvgIpc) is 2.11. The van der Waals surface area contributed by atoms with Crippen molar-refractivity contribution in [2.24, 2.45) is 0 Å². The average molecular weight is 289 g/mol. The summed E-state index contributed by atoms with van der Waals surface area (Å²) < 4.78 is 23.6. The second-order valence-electron chi connectivity index (χ2n) is 3.92. The Balaban J connectivity index is 3.66. The van der Waals surface area contributed by atoms with Crippen molar-refractivity contribution in [3.05, 3.63) is 43.0 Å². The molecule has 9 nitrogen and oxygen atoms in total. The van der Waals surface area contributed by atoms with E-state index in [0.29, 0.717) is 5.56 Å². The van der Waals surface area contributed by atoms with Crippen molar-refractivity contribution < 1.29 is 18.4 Å². The zero-order chi connectivity index (χ0) is 15.0. The number of nitrogens with one attached hydrogen (secondary N) is 1. The van der Waals surface area contributed by atoms with Gasteiger partial charge in [-0.05, 0) is 37.2 Å². The van der Waals surface area contributed by atoms with E-state index in [0.717, 1.165) is 0 Å². The molecule has 0 fully saturated rings. The molecule has 1 aromatic carbocycles.